The topological polar surface area (TPSA) is 93.1 Å². The van der Waals surface area contributed by atoms with Crippen LogP contribution < -0.4 is 0 Å². The zero-order chi connectivity index (χ0) is 13.3. The van der Waals surface area contributed by atoms with Crippen molar-refractivity contribution >= 4 is 16.3 Å². The van der Waals surface area contributed by atoms with Crippen LogP contribution >= 0.6 is 0 Å². The Balaban J connectivity index is 4.54. The Morgan fingerprint density at radius 1 is 1.53 bits per heavy atom. The van der Waals surface area contributed by atoms with Gasteiger partial charge in [0.15, 0.2) is 0 Å². The molecule has 0 aromatic heterocycles. The fourth-order valence-corrected chi connectivity index (χ4v) is 1.93. The Hall–Kier alpha value is -0.960. The van der Waals surface area contributed by atoms with Gasteiger partial charge in [0.05, 0.1) is 6.61 Å². The lowest BCUT2D eigenvalue weighted by Crippen LogP contribution is -2.37. The molecule has 0 aliphatic rings. The highest BCUT2D eigenvalue weighted by molar-refractivity contribution is 7.84. The van der Waals surface area contributed by atoms with Crippen LogP contribution in [0, 0.1) is 0 Å². The van der Waals surface area contributed by atoms with Gasteiger partial charge in [0, 0.05) is 6.54 Å². The molecule has 17 heavy (non-hydrogen) atoms. The van der Waals surface area contributed by atoms with E-state index in [1.807, 2.05) is 0 Å². The highest BCUT2D eigenvalue weighted by atomic mass is 32.2. The molecule has 0 saturated heterocycles. The first kappa shape index (κ1) is 16.0. The van der Waals surface area contributed by atoms with Gasteiger partial charge in [0.2, 0.25) is 0 Å². The predicted molar refractivity (Wildman–Crippen MR) is 60.1 cm³/mol. The van der Waals surface area contributed by atoms with Gasteiger partial charge in [-0.05, 0) is 6.42 Å². The van der Waals surface area contributed by atoms with Gasteiger partial charge in [0.1, 0.15) is 13.3 Å². The maximum atomic E-state index is 11.6. The van der Waals surface area contributed by atoms with E-state index in [9.17, 15) is 13.2 Å². The predicted octanol–water partition coefficient (Wildman–Crippen LogP) is -0.361. The first-order valence-corrected chi connectivity index (χ1v) is 6.36. The van der Waals surface area contributed by atoms with Crippen molar-refractivity contribution in [2.75, 3.05) is 26.5 Å². The van der Waals surface area contributed by atoms with E-state index in [0.717, 1.165) is 4.31 Å². The first-order chi connectivity index (χ1) is 7.97. The summed E-state index contributed by atoms with van der Waals surface area (Å²) in [7, 11) is -4.21. The first-order valence-electron chi connectivity index (χ1n) is 4.99. The summed E-state index contributed by atoms with van der Waals surface area (Å²) in [5.41, 5.74) is 0. The molecule has 0 atom stereocenters. The Kier molecular flexibility index (Phi) is 7.72. The molecule has 0 unspecified atom stereocenters. The summed E-state index contributed by atoms with van der Waals surface area (Å²) in [4.78, 5) is 10.7. The van der Waals surface area contributed by atoms with Crippen molar-refractivity contribution < 1.29 is 27.2 Å². The van der Waals surface area contributed by atoms with E-state index in [4.69, 9.17) is 9.84 Å². The maximum absolute atomic E-state index is 11.6. The molecule has 8 heteroatoms. The largest absolute Gasteiger partial charge is 0.389 e. The van der Waals surface area contributed by atoms with E-state index >= 15 is 0 Å². The van der Waals surface area contributed by atoms with Crippen LogP contribution in [0.1, 0.15) is 13.3 Å². The maximum Gasteiger partial charge on any atom is 0.389 e. The van der Waals surface area contributed by atoms with E-state index in [-0.39, 0.29) is 19.9 Å². The fraction of sp³-hybridized carbons (Fsp3) is 0.667. The summed E-state index contributed by atoms with van der Waals surface area (Å²) in [5.74, 6) is -1.23. The number of aliphatic hydroxyl groups is 1. The standard InChI is InChI=1S/C9H17NO6S/c1-3-5-10(8-15-6-4-2)17(13,14)16-9(12)7-11/h4,11H,2-3,5-8H2,1H3. The fourth-order valence-electron chi connectivity index (χ4n) is 0.925. The average Bonchev–Trinajstić information content (AvgIpc) is 2.27. The van der Waals surface area contributed by atoms with Crippen LogP contribution in [0.25, 0.3) is 0 Å². The number of carbonyl (C=O) groups is 1. The normalized spacial score (nSPS) is 11.5. The molecule has 0 rings (SSSR count). The molecular formula is C9H17NO6S. The highest BCUT2D eigenvalue weighted by Gasteiger charge is 2.25. The van der Waals surface area contributed by atoms with Gasteiger partial charge in [-0.3, -0.25) is 0 Å². The number of ether oxygens (including phenoxy) is 1. The van der Waals surface area contributed by atoms with Gasteiger partial charge in [0.25, 0.3) is 0 Å². The van der Waals surface area contributed by atoms with Gasteiger partial charge in [-0.15, -0.1) is 10.9 Å². The van der Waals surface area contributed by atoms with Crippen LogP contribution in [-0.2, 0) is 24.0 Å². The van der Waals surface area contributed by atoms with Gasteiger partial charge < -0.3 is 14.0 Å². The van der Waals surface area contributed by atoms with Crippen molar-refractivity contribution in [3.05, 3.63) is 12.7 Å². The minimum atomic E-state index is -4.21. The molecule has 7 nitrogen and oxygen atoms in total. The number of aliphatic hydroxyl groups excluding tert-OH is 1. The molecule has 0 aromatic carbocycles. The second-order valence-corrected chi connectivity index (χ2v) is 4.57. The smallest absolute Gasteiger partial charge is 0.385 e. The molecule has 100 valence electrons. The Morgan fingerprint density at radius 3 is 2.65 bits per heavy atom. The molecule has 0 radical (unpaired) electrons. The zero-order valence-corrected chi connectivity index (χ0v) is 10.5. The van der Waals surface area contributed by atoms with Crippen molar-refractivity contribution in [1.29, 1.82) is 0 Å². The van der Waals surface area contributed by atoms with Crippen molar-refractivity contribution in [3.63, 3.8) is 0 Å². The number of carbonyl (C=O) groups excluding carboxylic acids is 1. The molecular weight excluding hydrogens is 250 g/mol. The van der Waals surface area contributed by atoms with Crippen LogP contribution in [-0.4, -0.2) is 50.3 Å². The van der Waals surface area contributed by atoms with Crippen molar-refractivity contribution in [1.82, 2.24) is 4.31 Å². The SMILES string of the molecule is C=CCOCN(CCC)S(=O)(=O)OC(=O)CO. The van der Waals surface area contributed by atoms with E-state index in [1.165, 1.54) is 6.08 Å². The molecule has 1 N–H and O–H groups in total. The van der Waals surface area contributed by atoms with Gasteiger partial charge in [-0.1, -0.05) is 13.0 Å². The van der Waals surface area contributed by atoms with Crippen molar-refractivity contribution in [3.8, 4) is 0 Å². The van der Waals surface area contributed by atoms with E-state index < -0.39 is 22.9 Å². The molecule has 0 heterocycles. The number of hydrogen-bond donors (Lipinski definition) is 1. The minimum Gasteiger partial charge on any atom is -0.385 e. The summed E-state index contributed by atoms with van der Waals surface area (Å²) in [6.07, 6.45) is 2.00. The van der Waals surface area contributed by atoms with E-state index in [2.05, 4.69) is 10.8 Å². The van der Waals surface area contributed by atoms with Crippen LogP contribution in [0.2, 0.25) is 0 Å². The molecule has 0 saturated carbocycles. The molecule has 0 aromatic rings. The molecule has 0 fully saturated rings. The quantitative estimate of drug-likeness (QED) is 0.348. The lowest BCUT2D eigenvalue weighted by molar-refractivity contribution is -0.137. The van der Waals surface area contributed by atoms with Crippen molar-refractivity contribution in [2.24, 2.45) is 0 Å². The number of hydrogen-bond acceptors (Lipinski definition) is 6. The summed E-state index contributed by atoms with van der Waals surface area (Å²) in [5, 5.41) is 8.42. The monoisotopic (exact) mass is 267 g/mol. The minimum absolute atomic E-state index is 0.151. The molecule has 0 aliphatic carbocycles. The summed E-state index contributed by atoms with van der Waals surface area (Å²) in [6.45, 7) is 4.29. The second-order valence-electron chi connectivity index (χ2n) is 3.04. The second kappa shape index (κ2) is 8.18. The molecule has 0 bridgehead atoms. The molecule has 0 spiro atoms. The van der Waals surface area contributed by atoms with Crippen LogP contribution in [0.4, 0.5) is 0 Å². The average molecular weight is 267 g/mol. The Bertz CT molecular complexity index is 339. The Morgan fingerprint density at radius 2 is 2.18 bits per heavy atom. The van der Waals surface area contributed by atoms with Gasteiger partial charge in [-0.25, -0.2) is 4.79 Å². The lowest BCUT2D eigenvalue weighted by Gasteiger charge is -2.19. The molecule has 0 aliphatic heterocycles. The third-order valence-corrected chi connectivity index (χ3v) is 2.90. The lowest BCUT2D eigenvalue weighted by atomic mass is 10.5. The van der Waals surface area contributed by atoms with Crippen LogP contribution in [0.5, 0.6) is 0 Å². The third kappa shape index (κ3) is 6.37. The highest BCUT2D eigenvalue weighted by Crippen LogP contribution is 2.05. The van der Waals surface area contributed by atoms with Gasteiger partial charge >= 0.3 is 16.3 Å². The number of rotatable bonds is 9. The summed E-state index contributed by atoms with van der Waals surface area (Å²) < 4.78 is 33.1. The third-order valence-electron chi connectivity index (χ3n) is 1.59. The number of nitrogens with zero attached hydrogens (tertiary/aromatic N) is 1. The van der Waals surface area contributed by atoms with Crippen LogP contribution in [0.3, 0.4) is 0 Å². The van der Waals surface area contributed by atoms with E-state index in [0.29, 0.717) is 6.42 Å². The van der Waals surface area contributed by atoms with Crippen LogP contribution in [0.15, 0.2) is 12.7 Å². The van der Waals surface area contributed by atoms with Crippen molar-refractivity contribution in [2.45, 2.75) is 13.3 Å². The molecule has 0 amide bonds. The Labute approximate surface area is 101 Å². The van der Waals surface area contributed by atoms with Gasteiger partial charge in [-0.2, -0.15) is 8.42 Å². The summed E-state index contributed by atoms with van der Waals surface area (Å²) >= 11 is 0. The zero-order valence-electron chi connectivity index (χ0n) is 9.66. The van der Waals surface area contributed by atoms with E-state index in [1.54, 1.807) is 6.92 Å². The summed E-state index contributed by atoms with van der Waals surface area (Å²) in [6, 6.07) is 0.